The topological polar surface area (TPSA) is 96.6 Å². The zero-order chi connectivity index (χ0) is 15.6. The monoisotopic (exact) mass is 288 g/mol. The van der Waals surface area contributed by atoms with E-state index >= 15 is 0 Å². The molecule has 1 amide bonds. The quantitative estimate of drug-likeness (QED) is 0.803. The van der Waals surface area contributed by atoms with Crippen LogP contribution >= 0.6 is 0 Å². The maximum atomic E-state index is 12.2. The second-order valence-corrected chi connectivity index (χ2v) is 4.70. The van der Waals surface area contributed by atoms with Crippen LogP contribution in [-0.2, 0) is 4.79 Å². The number of hydrogen-bond donors (Lipinski definition) is 2. The number of carbonyl (C=O) groups excluding carboxylic acids is 1. The highest BCUT2D eigenvalue weighted by atomic mass is 16.4. The van der Waals surface area contributed by atoms with Crippen molar-refractivity contribution < 1.29 is 14.7 Å². The van der Waals surface area contributed by atoms with Gasteiger partial charge in [-0.1, -0.05) is 6.08 Å². The third-order valence-electron chi connectivity index (χ3n) is 3.10. The average Bonchev–Trinajstić information content (AvgIpc) is 2.80. The van der Waals surface area contributed by atoms with Gasteiger partial charge < -0.3 is 10.4 Å². The summed E-state index contributed by atoms with van der Waals surface area (Å²) in [4.78, 5) is 27.4. The summed E-state index contributed by atoms with van der Waals surface area (Å²) in [6.45, 7) is 7.05. The fourth-order valence-corrected chi connectivity index (χ4v) is 2.01. The Morgan fingerprint density at radius 3 is 2.86 bits per heavy atom. The van der Waals surface area contributed by atoms with E-state index in [4.69, 9.17) is 5.11 Å². The number of hydrogen-bond acceptors (Lipinski definition) is 4. The van der Waals surface area contributed by atoms with Crippen molar-refractivity contribution in [2.45, 2.75) is 26.3 Å². The maximum absolute atomic E-state index is 12.2. The predicted octanol–water partition coefficient (Wildman–Crippen LogP) is 1.11. The Labute approximate surface area is 121 Å². The van der Waals surface area contributed by atoms with E-state index in [-0.39, 0.29) is 6.42 Å². The van der Waals surface area contributed by atoms with Crippen LogP contribution in [0.4, 0.5) is 0 Å². The van der Waals surface area contributed by atoms with Crippen LogP contribution in [0.25, 0.3) is 5.65 Å². The molecule has 21 heavy (non-hydrogen) atoms. The number of carbonyl (C=O) groups is 2. The van der Waals surface area contributed by atoms with Gasteiger partial charge in [-0.25, -0.2) is 14.3 Å². The number of aliphatic carboxylic acids is 1. The molecule has 2 heterocycles. The van der Waals surface area contributed by atoms with Gasteiger partial charge in [0, 0.05) is 12.3 Å². The van der Waals surface area contributed by atoms with Gasteiger partial charge in [0.25, 0.3) is 5.91 Å². The number of rotatable bonds is 5. The van der Waals surface area contributed by atoms with Gasteiger partial charge in [0.15, 0.2) is 5.65 Å². The molecule has 0 saturated carbocycles. The molecule has 0 bridgehead atoms. The molecule has 0 aliphatic rings. The summed E-state index contributed by atoms with van der Waals surface area (Å²) in [5, 5.41) is 15.8. The molecule has 7 nitrogen and oxygen atoms in total. The summed E-state index contributed by atoms with van der Waals surface area (Å²) in [6.07, 6.45) is 3.02. The van der Waals surface area contributed by atoms with Gasteiger partial charge in [-0.15, -0.1) is 6.58 Å². The lowest BCUT2D eigenvalue weighted by molar-refractivity contribution is -0.139. The van der Waals surface area contributed by atoms with Crippen LogP contribution in [0.15, 0.2) is 24.9 Å². The molecule has 0 radical (unpaired) electrons. The van der Waals surface area contributed by atoms with Crippen molar-refractivity contribution >= 4 is 17.5 Å². The molecular weight excluding hydrogens is 272 g/mol. The van der Waals surface area contributed by atoms with Crippen LogP contribution in [0.3, 0.4) is 0 Å². The Morgan fingerprint density at radius 2 is 2.24 bits per heavy atom. The van der Waals surface area contributed by atoms with Gasteiger partial charge in [0.2, 0.25) is 0 Å². The molecule has 1 atom stereocenters. The largest absolute Gasteiger partial charge is 0.480 e. The van der Waals surface area contributed by atoms with Gasteiger partial charge in [-0.05, 0) is 20.3 Å². The summed E-state index contributed by atoms with van der Waals surface area (Å²) in [5.74, 6) is -1.60. The number of aryl methyl sites for hydroxylation is 2. The minimum atomic E-state index is -1.11. The molecule has 1 unspecified atom stereocenters. The molecule has 0 spiro atoms. The lowest BCUT2D eigenvalue weighted by atomic mass is 10.1. The summed E-state index contributed by atoms with van der Waals surface area (Å²) in [7, 11) is 0. The number of carboxylic acids is 1. The SMILES string of the molecule is C=CCC(NC(=O)c1cnc2cc(C)nn2c1C)C(=O)O. The number of amides is 1. The number of nitrogens with one attached hydrogen (secondary N) is 1. The van der Waals surface area contributed by atoms with Crippen LogP contribution < -0.4 is 5.32 Å². The predicted molar refractivity (Wildman–Crippen MR) is 76.2 cm³/mol. The molecule has 7 heteroatoms. The highest BCUT2D eigenvalue weighted by Gasteiger charge is 2.21. The van der Waals surface area contributed by atoms with E-state index in [1.54, 1.807) is 17.5 Å². The van der Waals surface area contributed by atoms with E-state index in [2.05, 4.69) is 22.0 Å². The second kappa shape index (κ2) is 5.74. The van der Waals surface area contributed by atoms with Crippen LogP contribution in [0, 0.1) is 13.8 Å². The summed E-state index contributed by atoms with van der Waals surface area (Å²) < 4.78 is 1.56. The van der Waals surface area contributed by atoms with Crippen molar-refractivity contribution in [1.29, 1.82) is 0 Å². The molecule has 2 rings (SSSR count). The van der Waals surface area contributed by atoms with Gasteiger partial charge >= 0.3 is 5.97 Å². The molecule has 0 aliphatic carbocycles. The highest BCUT2D eigenvalue weighted by Crippen LogP contribution is 2.11. The van der Waals surface area contributed by atoms with Crippen molar-refractivity contribution in [3.8, 4) is 0 Å². The Bertz CT molecular complexity index is 720. The number of fused-ring (bicyclic) bond motifs is 1. The first-order valence-electron chi connectivity index (χ1n) is 6.40. The van der Waals surface area contributed by atoms with E-state index in [0.29, 0.717) is 16.9 Å². The van der Waals surface area contributed by atoms with Gasteiger partial charge in [0.05, 0.1) is 17.0 Å². The standard InChI is InChI=1S/C14H16N4O3/c1-4-5-11(14(20)21)16-13(19)10-7-15-12-6-8(2)17-18(12)9(10)3/h4,6-7,11H,1,5H2,2-3H3,(H,16,19)(H,20,21). The molecule has 2 aromatic heterocycles. The van der Waals surface area contributed by atoms with Crippen LogP contribution in [0.1, 0.15) is 28.2 Å². The first-order chi connectivity index (χ1) is 9.93. The van der Waals surface area contributed by atoms with Crippen molar-refractivity contribution in [2.24, 2.45) is 0 Å². The minimum Gasteiger partial charge on any atom is -0.480 e. The lowest BCUT2D eigenvalue weighted by Gasteiger charge is -2.13. The van der Waals surface area contributed by atoms with E-state index in [1.807, 2.05) is 6.92 Å². The van der Waals surface area contributed by atoms with Crippen molar-refractivity contribution in [1.82, 2.24) is 19.9 Å². The molecule has 0 aliphatic heterocycles. The lowest BCUT2D eigenvalue weighted by Crippen LogP contribution is -2.40. The minimum absolute atomic E-state index is 0.149. The average molecular weight is 288 g/mol. The van der Waals surface area contributed by atoms with Crippen LogP contribution in [0.2, 0.25) is 0 Å². The van der Waals surface area contributed by atoms with Crippen molar-refractivity contribution in [2.75, 3.05) is 0 Å². The Morgan fingerprint density at radius 1 is 1.52 bits per heavy atom. The Balaban J connectivity index is 2.32. The van der Waals surface area contributed by atoms with Gasteiger partial charge in [0.1, 0.15) is 6.04 Å². The van der Waals surface area contributed by atoms with Crippen molar-refractivity contribution in [3.05, 3.63) is 41.9 Å². The number of nitrogens with zero attached hydrogens (tertiary/aromatic N) is 3. The molecule has 0 saturated heterocycles. The number of aromatic nitrogens is 3. The van der Waals surface area contributed by atoms with Crippen LogP contribution in [0.5, 0.6) is 0 Å². The van der Waals surface area contributed by atoms with Crippen LogP contribution in [-0.4, -0.2) is 37.6 Å². The number of carboxylic acid groups (broad SMARTS) is 1. The smallest absolute Gasteiger partial charge is 0.326 e. The molecular formula is C14H16N4O3. The molecule has 2 N–H and O–H groups in total. The normalized spacial score (nSPS) is 12.1. The first-order valence-corrected chi connectivity index (χ1v) is 6.40. The Kier molecular flexibility index (Phi) is 4.02. The summed E-state index contributed by atoms with van der Waals surface area (Å²) in [6, 6.07) is 0.788. The third kappa shape index (κ3) is 2.91. The molecule has 110 valence electrons. The zero-order valence-electron chi connectivity index (χ0n) is 11.8. The zero-order valence-corrected chi connectivity index (χ0v) is 11.8. The highest BCUT2D eigenvalue weighted by molar-refractivity contribution is 5.97. The van der Waals surface area contributed by atoms with Gasteiger partial charge in [-0.3, -0.25) is 4.79 Å². The van der Waals surface area contributed by atoms with E-state index in [1.165, 1.54) is 12.3 Å². The molecule has 0 aromatic carbocycles. The third-order valence-corrected chi connectivity index (χ3v) is 3.10. The summed E-state index contributed by atoms with van der Waals surface area (Å²) in [5.41, 5.74) is 2.33. The summed E-state index contributed by atoms with van der Waals surface area (Å²) >= 11 is 0. The molecule has 2 aromatic rings. The second-order valence-electron chi connectivity index (χ2n) is 4.70. The maximum Gasteiger partial charge on any atom is 0.326 e. The van der Waals surface area contributed by atoms with Gasteiger partial charge in [-0.2, -0.15) is 5.10 Å². The van der Waals surface area contributed by atoms with Crippen molar-refractivity contribution in [3.63, 3.8) is 0 Å². The molecule has 0 fully saturated rings. The Hall–Kier alpha value is -2.70. The fourth-order valence-electron chi connectivity index (χ4n) is 2.01. The fraction of sp³-hybridized carbons (Fsp3) is 0.286. The van der Waals surface area contributed by atoms with E-state index in [9.17, 15) is 9.59 Å². The first kappa shape index (κ1) is 14.7. The van der Waals surface area contributed by atoms with E-state index < -0.39 is 17.9 Å². The van der Waals surface area contributed by atoms with E-state index in [0.717, 1.165) is 5.69 Å².